The van der Waals surface area contributed by atoms with Crippen LogP contribution in [0.3, 0.4) is 0 Å². The largest absolute Gasteiger partial charge is 0.120 e. The van der Waals surface area contributed by atoms with Crippen molar-refractivity contribution in [3.05, 3.63) is 0 Å². The Morgan fingerprint density at radius 2 is 2.00 bits per heavy atom. The maximum Gasteiger partial charge on any atom is 0.0171 e. The monoisotopic (exact) mass is 138 g/mol. The summed E-state index contributed by atoms with van der Waals surface area (Å²) >= 11 is 0. The molecule has 0 aromatic carbocycles. The van der Waals surface area contributed by atoms with E-state index in [1.165, 1.54) is 32.1 Å². The lowest BCUT2D eigenvalue weighted by Crippen LogP contribution is -1.88. The summed E-state index contributed by atoms with van der Waals surface area (Å²) in [5, 5.41) is 0. The summed E-state index contributed by atoms with van der Waals surface area (Å²) in [6, 6.07) is 0. The minimum absolute atomic E-state index is 0.483. The van der Waals surface area contributed by atoms with Crippen molar-refractivity contribution in [2.75, 3.05) is 0 Å². The van der Waals surface area contributed by atoms with Crippen LogP contribution in [0, 0.1) is 18.3 Å². The van der Waals surface area contributed by atoms with Crippen molar-refractivity contribution < 1.29 is 0 Å². The van der Waals surface area contributed by atoms with E-state index in [1.807, 2.05) is 0 Å². The van der Waals surface area contributed by atoms with E-state index in [-0.39, 0.29) is 0 Å². The zero-order chi connectivity index (χ0) is 7.82. The van der Waals surface area contributed by atoms with E-state index in [2.05, 4.69) is 19.8 Å². The molecule has 0 rings (SSSR count). The minimum Gasteiger partial charge on any atom is -0.120 e. The molecule has 0 aromatic heterocycles. The van der Waals surface area contributed by atoms with Crippen LogP contribution in [0.1, 0.15) is 46.0 Å². The third-order valence-corrected chi connectivity index (χ3v) is 1.78. The van der Waals surface area contributed by atoms with Gasteiger partial charge in [0, 0.05) is 5.92 Å². The Bertz CT molecular complexity index is 97.1. The summed E-state index contributed by atoms with van der Waals surface area (Å²) in [4.78, 5) is 0. The second kappa shape index (κ2) is 6.68. The van der Waals surface area contributed by atoms with Crippen LogP contribution in [0.4, 0.5) is 0 Å². The molecule has 0 saturated carbocycles. The normalized spacial score (nSPS) is 12.5. The summed E-state index contributed by atoms with van der Waals surface area (Å²) in [6.07, 6.45) is 11.8. The lowest BCUT2D eigenvalue weighted by Gasteiger charge is -2.01. The fraction of sp³-hybridized carbons (Fsp3) is 0.800. The summed E-state index contributed by atoms with van der Waals surface area (Å²) in [5.74, 6) is 3.23. The van der Waals surface area contributed by atoms with E-state index in [1.54, 1.807) is 0 Å². The highest BCUT2D eigenvalue weighted by atomic mass is 14.0. The van der Waals surface area contributed by atoms with E-state index in [9.17, 15) is 0 Å². The molecule has 0 aromatic rings. The van der Waals surface area contributed by atoms with Gasteiger partial charge in [0.15, 0.2) is 0 Å². The third-order valence-electron chi connectivity index (χ3n) is 1.78. The molecule has 0 aliphatic rings. The Morgan fingerprint density at radius 3 is 2.50 bits per heavy atom. The molecular formula is C10H18. The zero-order valence-electron chi connectivity index (χ0n) is 7.19. The first-order valence-electron chi connectivity index (χ1n) is 4.27. The van der Waals surface area contributed by atoms with E-state index in [0.29, 0.717) is 5.92 Å². The fourth-order valence-corrected chi connectivity index (χ4v) is 0.961. The van der Waals surface area contributed by atoms with Gasteiger partial charge in [-0.05, 0) is 6.42 Å². The molecule has 10 heavy (non-hydrogen) atoms. The first-order chi connectivity index (χ1) is 4.81. The predicted octanol–water partition coefficient (Wildman–Crippen LogP) is 3.23. The number of hydrogen-bond acceptors (Lipinski definition) is 0. The maximum absolute atomic E-state index is 5.24. The van der Waals surface area contributed by atoms with Crippen molar-refractivity contribution in [1.82, 2.24) is 0 Å². The van der Waals surface area contributed by atoms with Gasteiger partial charge >= 0.3 is 0 Å². The van der Waals surface area contributed by atoms with Crippen molar-refractivity contribution in [3.8, 4) is 12.3 Å². The minimum atomic E-state index is 0.483. The summed E-state index contributed by atoms with van der Waals surface area (Å²) in [5.41, 5.74) is 0. The van der Waals surface area contributed by atoms with Crippen molar-refractivity contribution in [2.24, 2.45) is 5.92 Å². The van der Waals surface area contributed by atoms with Gasteiger partial charge < -0.3 is 0 Å². The van der Waals surface area contributed by atoms with Gasteiger partial charge in [-0.25, -0.2) is 0 Å². The van der Waals surface area contributed by atoms with Gasteiger partial charge in [-0.2, -0.15) is 0 Å². The molecule has 0 saturated heterocycles. The number of terminal acetylenes is 1. The zero-order valence-corrected chi connectivity index (χ0v) is 7.19. The Labute approximate surface area is 65.0 Å². The Kier molecular flexibility index (Phi) is 6.38. The average molecular weight is 138 g/mol. The molecule has 0 spiro atoms. The topological polar surface area (TPSA) is 0 Å². The van der Waals surface area contributed by atoms with Crippen molar-refractivity contribution in [3.63, 3.8) is 0 Å². The van der Waals surface area contributed by atoms with Crippen LogP contribution < -0.4 is 0 Å². The standard InChI is InChI=1S/C10H18/c1-4-6-7-8-9-10(3)5-2/h2,10H,4,6-9H2,1,3H3. The molecule has 58 valence electrons. The Morgan fingerprint density at radius 1 is 1.30 bits per heavy atom. The highest BCUT2D eigenvalue weighted by molar-refractivity contribution is 4.89. The van der Waals surface area contributed by atoms with E-state index in [4.69, 9.17) is 6.42 Å². The molecule has 0 amide bonds. The van der Waals surface area contributed by atoms with Crippen molar-refractivity contribution in [1.29, 1.82) is 0 Å². The molecule has 0 nitrogen and oxygen atoms in total. The molecule has 0 aliphatic carbocycles. The van der Waals surface area contributed by atoms with Gasteiger partial charge in [-0.15, -0.1) is 12.3 Å². The van der Waals surface area contributed by atoms with Crippen LogP contribution in [0.5, 0.6) is 0 Å². The molecule has 1 unspecified atom stereocenters. The first-order valence-corrected chi connectivity index (χ1v) is 4.27. The van der Waals surface area contributed by atoms with Crippen molar-refractivity contribution in [2.45, 2.75) is 46.0 Å². The Balaban J connectivity index is 2.98. The van der Waals surface area contributed by atoms with Crippen LogP contribution >= 0.6 is 0 Å². The predicted molar refractivity (Wildman–Crippen MR) is 46.8 cm³/mol. The van der Waals surface area contributed by atoms with E-state index >= 15 is 0 Å². The second-order valence-corrected chi connectivity index (χ2v) is 2.92. The molecule has 0 bridgehead atoms. The van der Waals surface area contributed by atoms with Crippen LogP contribution in [0.25, 0.3) is 0 Å². The molecule has 0 heterocycles. The summed E-state index contributed by atoms with van der Waals surface area (Å²) in [6.45, 7) is 4.34. The van der Waals surface area contributed by atoms with Crippen LogP contribution in [0.15, 0.2) is 0 Å². The molecular weight excluding hydrogens is 120 g/mol. The van der Waals surface area contributed by atoms with Crippen LogP contribution in [-0.4, -0.2) is 0 Å². The van der Waals surface area contributed by atoms with Crippen LogP contribution in [-0.2, 0) is 0 Å². The molecule has 0 aliphatic heterocycles. The average Bonchev–Trinajstić information content (AvgIpc) is 1.98. The van der Waals surface area contributed by atoms with Gasteiger partial charge in [0.25, 0.3) is 0 Å². The van der Waals surface area contributed by atoms with Crippen molar-refractivity contribution >= 4 is 0 Å². The van der Waals surface area contributed by atoms with Crippen LogP contribution in [0.2, 0.25) is 0 Å². The molecule has 0 radical (unpaired) electrons. The molecule has 1 atom stereocenters. The number of rotatable bonds is 5. The van der Waals surface area contributed by atoms with Gasteiger partial charge in [0.1, 0.15) is 0 Å². The first kappa shape index (κ1) is 9.56. The summed E-state index contributed by atoms with van der Waals surface area (Å²) < 4.78 is 0. The second-order valence-electron chi connectivity index (χ2n) is 2.92. The Hall–Kier alpha value is -0.440. The quantitative estimate of drug-likeness (QED) is 0.404. The molecule has 0 fully saturated rings. The third kappa shape index (κ3) is 5.69. The maximum atomic E-state index is 5.24. The van der Waals surface area contributed by atoms with Gasteiger partial charge in [-0.3, -0.25) is 0 Å². The van der Waals surface area contributed by atoms with Gasteiger partial charge in [-0.1, -0.05) is 39.5 Å². The highest BCUT2D eigenvalue weighted by Crippen LogP contribution is 2.08. The van der Waals surface area contributed by atoms with Gasteiger partial charge in [0.05, 0.1) is 0 Å². The fourth-order valence-electron chi connectivity index (χ4n) is 0.961. The van der Waals surface area contributed by atoms with E-state index < -0.39 is 0 Å². The number of hydrogen-bond donors (Lipinski definition) is 0. The molecule has 0 N–H and O–H groups in total. The van der Waals surface area contributed by atoms with E-state index in [0.717, 1.165) is 0 Å². The lowest BCUT2D eigenvalue weighted by molar-refractivity contribution is 0.572. The lowest BCUT2D eigenvalue weighted by atomic mass is 10.0. The molecule has 0 heteroatoms. The summed E-state index contributed by atoms with van der Waals surface area (Å²) in [7, 11) is 0. The SMILES string of the molecule is C#CC(C)CCCCCC. The number of unbranched alkanes of at least 4 members (excludes halogenated alkanes) is 3. The smallest absolute Gasteiger partial charge is 0.0171 e. The van der Waals surface area contributed by atoms with Gasteiger partial charge in [0.2, 0.25) is 0 Å². The highest BCUT2D eigenvalue weighted by Gasteiger charge is 1.94.